The van der Waals surface area contributed by atoms with Gasteiger partial charge in [0.15, 0.2) is 0 Å². The Morgan fingerprint density at radius 2 is 2.10 bits per heavy atom. The first-order valence-corrected chi connectivity index (χ1v) is 7.03. The molecule has 0 atom stereocenters. The van der Waals surface area contributed by atoms with Gasteiger partial charge in [0.25, 0.3) is 0 Å². The van der Waals surface area contributed by atoms with Crippen LogP contribution in [0.2, 0.25) is 0 Å². The maximum Gasteiger partial charge on any atom is 0.333 e. The Balaban J connectivity index is 2.32. The molecular weight excluding hydrogens is 260 g/mol. The molecule has 1 aromatic rings. The van der Waals surface area contributed by atoms with Crippen LogP contribution in [0.5, 0.6) is 0 Å². The maximum absolute atomic E-state index is 11.3. The highest BCUT2D eigenvalue weighted by molar-refractivity contribution is 5.61. The minimum absolute atomic E-state index is 0.0379. The number of anilines is 1. The van der Waals surface area contributed by atoms with Crippen LogP contribution < -0.4 is 4.90 Å². The average Bonchev–Trinajstić information content (AvgIpc) is 2.92. The van der Waals surface area contributed by atoms with Crippen LogP contribution in [-0.4, -0.2) is 39.0 Å². The zero-order chi connectivity index (χ0) is 14.9. The standard InChI is InChI=1S/C13H22N4O3/c1-4-16-12(11(17(19)20)10(2)14-16)15(3)9-13(18)7-5-6-8-13/h18H,4-9H2,1-3H3. The highest BCUT2D eigenvalue weighted by Gasteiger charge is 2.35. The molecule has 0 spiro atoms. The fraction of sp³-hybridized carbons (Fsp3) is 0.769. The van der Waals surface area contributed by atoms with Crippen LogP contribution in [-0.2, 0) is 6.54 Å². The molecule has 1 aromatic heterocycles. The number of aryl methyl sites for hydroxylation is 2. The Bertz CT molecular complexity index is 506. The molecule has 1 heterocycles. The lowest BCUT2D eigenvalue weighted by Gasteiger charge is -2.29. The molecule has 1 N–H and O–H groups in total. The van der Waals surface area contributed by atoms with Crippen LogP contribution in [0, 0.1) is 17.0 Å². The van der Waals surface area contributed by atoms with Crippen molar-refractivity contribution in [3.05, 3.63) is 15.8 Å². The minimum Gasteiger partial charge on any atom is -0.388 e. The van der Waals surface area contributed by atoms with E-state index in [1.54, 1.807) is 23.6 Å². The number of aliphatic hydroxyl groups is 1. The van der Waals surface area contributed by atoms with Crippen molar-refractivity contribution < 1.29 is 10.0 Å². The molecule has 7 heteroatoms. The Kier molecular flexibility index (Phi) is 3.99. The third-order valence-corrected chi connectivity index (χ3v) is 3.98. The van der Waals surface area contributed by atoms with Gasteiger partial charge in [0.1, 0.15) is 5.69 Å². The van der Waals surface area contributed by atoms with E-state index in [0.717, 1.165) is 25.7 Å². The summed E-state index contributed by atoms with van der Waals surface area (Å²) in [7, 11) is 1.78. The van der Waals surface area contributed by atoms with E-state index in [9.17, 15) is 15.2 Å². The van der Waals surface area contributed by atoms with Crippen LogP contribution in [0.1, 0.15) is 38.3 Å². The van der Waals surface area contributed by atoms with E-state index in [1.165, 1.54) is 0 Å². The molecule has 112 valence electrons. The largest absolute Gasteiger partial charge is 0.388 e. The third-order valence-electron chi connectivity index (χ3n) is 3.98. The Hall–Kier alpha value is -1.63. The van der Waals surface area contributed by atoms with Gasteiger partial charge < -0.3 is 10.0 Å². The second kappa shape index (κ2) is 5.40. The summed E-state index contributed by atoms with van der Waals surface area (Å²) < 4.78 is 1.63. The molecule has 0 unspecified atom stereocenters. The quantitative estimate of drug-likeness (QED) is 0.658. The summed E-state index contributed by atoms with van der Waals surface area (Å²) in [5, 5.41) is 26.0. The van der Waals surface area contributed by atoms with Gasteiger partial charge in [0, 0.05) is 20.1 Å². The van der Waals surface area contributed by atoms with Gasteiger partial charge in [-0.15, -0.1) is 0 Å². The number of rotatable bonds is 5. The monoisotopic (exact) mass is 282 g/mol. The molecule has 7 nitrogen and oxygen atoms in total. The molecule has 0 radical (unpaired) electrons. The fourth-order valence-corrected chi connectivity index (χ4v) is 3.08. The molecule has 0 bridgehead atoms. The normalized spacial score (nSPS) is 17.4. The van der Waals surface area contributed by atoms with Gasteiger partial charge >= 0.3 is 5.69 Å². The van der Waals surface area contributed by atoms with Gasteiger partial charge in [0.05, 0.1) is 10.5 Å². The summed E-state index contributed by atoms with van der Waals surface area (Å²) >= 11 is 0. The van der Waals surface area contributed by atoms with E-state index in [0.29, 0.717) is 24.6 Å². The second-order valence-corrected chi connectivity index (χ2v) is 5.62. The van der Waals surface area contributed by atoms with Crippen LogP contribution >= 0.6 is 0 Å². The van der Waals surface area contributed by atoms with Gasteiger partial charge in [-0.2, -0.15) is 5.10 Å². The van der Waals surface area contributed by atoms with Gasteiger partial charge in [-0.3, -0.25) is 10.1 Å². The molecule has 1 saturated carbocycles. The zero-order valence-electron chi connectivity index (χ0n) is 12.3. The van der Waals surface area contributed by atoms with Gasteiger partial charge in [-0.05, 0) is 26.7 Å². The number of hydrogen-bond donors (Lipinski definition) is 1. The maximum atomic E-state index is 11.3. The molecule has 1 aliphatic carbocycles. The SMILES string of the molecule is CCn1nc(C)c([N+](=O)[O-])c1N(C)CC1(O)CCCC1. The lowest BCUT2D eigenvalue weighted by molar-refractivity contribution is -0.384. The topological polar surface area (TPSA) is 84.4 Å². The number of nitro groups is 1. The summed E-state index contributed by atoms with van der Waals surface area (Å²) in [6.07, 6.45) is 3.53. The highest BCUT2D eigenvalue weighted by atomic mass is 16.6. The van der Waals surface area contributed by atoms with Crippen molar-refractivity contribution >= 4 is 11.5 Å². The van der Waals surface area contributed by atoms with Crippen LogP contribution in [0.3, 0.4) is 0 Å². The molecule has 2 rings (SSSR count). The lowest BCUT2D eigenvalue weighted by Crippen LogP contribution is -2.40. The average molecular weight is 282 g/mol. The highest BCUT2D eigenvalue weighted by Crippen LogP contribution is 2.35. The predicted molar refractivity (Wildman–Crippen MR) is 76.0 cm³/mol. The molecule has 0 aliphatic heterocycles. The van der Waals surface area contributed by atoms with E-state index >= 15 is 0 Å². The van der Waals surface area contributed by atoms with E-state index in [2.05, 4.69) is 5.10 Å². The van der Waals surface area contributed by atoms with Crippen molar-refractivity contribution in [1.82, 2.24) is 9.78 Å². The van der Waals surface area contributed by atoms with Crippen LogP contribution in [0.25, 0.3) is 0 Å². The van der Waals surface area contributed by atoms with Gasteiger partial charge in [-0.1, -0.05) is 12.8 Å². The van der Waals surface area contributed by atoms with E-state index < -0.39 is 5.60 Å². The molecular formula is C13H22N4O3. The molecule has 20 heavy (non-hydrogen) atoms. The van der Waals surface area contributed by atoms with Crippen LogP contribution in [0.4, 0.5) is 11.5 Å². The van der Waals surface area contributed by atoms with E-state index in [4.69, 9.17) is 0 Å². The van der Waals surface area contributed by atoms with Crippen molar-refractivity contribution in [3.8, 4) is 0 Å². The first kappa shape index (κ1) is 14.8. The molecule has 0 saturated heterocycles. The first-order valence-electron chi connectivity index (χ1n) is 7.03. The van der Waals surface area contributed by atoms with Crippen molar-refractivity contribution in [2.75, 3.05) is 18.5 Å². The first-order chi connectivity index (χ1) is 9.38. The van der Waals surface area contributed by atoms with E-state index in [1.807, 2.05) is 6.92 Å². The minimum atomic E-state index is -0.737. The Morgan fingerprint density at radius 3 is 2.60 bits per heavy atom. The summed E-state index contributed by atoms with van der Waals surface area (Å²) in [6, 6.07) is 0. The Morgan fingerprint density at radius 1 is 1.50 bits per heavy atom. The summed E-state index contributed by atoms with van der Waals surface area (Å²) in [6.45, 7) is 4.51. The van der Waals surface area contributed by atoms with Crippen molar-refractivity contribution in [2.24, 2.45) is 0 Å². The number of nitrogens with zero attached hydrogens (tertiary/aromatic N) is 4. The summed E-state index contributed by atoms with van der Waals surface area (Å²) in [5.41, 5.74) is -0.285. The summed E-state index contributed by atoms with van der Waals surface area (Å²) in [4.78, 5) is 12.6. The zero-order valence-corrected chi connectivity index (χ0v) is 12.3. The second-order valence-electron chi connectivity index (χ2n) is 5.62. The number of hydrogen-bond acceptors (Lipinski definition) is 5. The van der Waals surface area contributed by atoms with E-state index in [-0.39, 0.29) is 10.6 Å². The van der Waals surface area contributed by atoms with Gasteiger partial charge in [0.2, 0.25) is 5.82 Å². The molecule has 0 aromatic carbocycles. The summed E-state index contributed by atoms with van der Waals surface area (Å²) in [5.74, 6) is 0.482. The smallest absolute Gasteiger partial charge is 0.333 e. The van der Waals surface area contributed by atoms with Gasteiger partial charge in [-0.25, -0.2) is 4.68 Å². The third kappa shape index (κ3) is 2.63. The predicted octanol–water partition coefficient (Wildman–Crippen LogP) is 1.86. The van der Waals surface area contributed by atoms with Crippen molar-refractivity contribution in [3.63, 3.8) is 0 Å². The van der Waals surface area contributed by atoms with Crippen LogP contribution in [0.15, 0.2) is 0 Å². The molecule has 1 aliphatic rings. The number of likely N-dealkylation sites (N-methyl/N-ethyl adjacent to an activating group) is 1. The molecule has 1 fully saturated rings. The lowest BCUT2D eigenvalue weighted by atomic mass is 10.0. The van der Waals surface area contributed by atoms with Crippen molar-refractivity contribution in [2.45, 2.75) is 51.7 Å². The number of aromatic nitrogens is 2. The molecule has 0 amide bonds. The Labute approximate surface area is 118 Å². The fourth-order valence-electron chi connectivity index (χ4n) is 3.08. The van der Waals surface area contributed by atoms with Crippen molar-refractivity contribution in [1.29, 1.82) is 0 Å².